The fourth-order valence-electron chi connectivity index (χ4n) is 2.86. The summed E-state index contributed by atoms with van der Waals surface area (Å²) in [5.41, 5.74) is 0.278. The van der Waals surface area contributed by atoms with Crippen LogP contribution in [0.4, 0.5) is 9.59 Å². The molecule has 1 aromatic rings. The number of carbonyl (C=O) groups excluding carboxylic acids is 5. The summed E-state index contributed by atoms with van der Waals surface area (Å²) in [4.78, 5) is 60.8. The van der Waals surface area contributed by atoms with E-state index in [1.807, 2.05) is 24.4 Å². The number of nitrogens with one attached hydrogen (secondary N) is 3. The van der Waals surface area contributed by atoms with E-state index in [4.69, 9.17) is 4.74 Å². The van der Waals surface area contributed by atoms with Gasteiger partial charge in [-0.25, -0.2) is 9.59 Å². The quantitative estimate of drug-likeness (QED) is 0.463. The molecular formula is C19H22N4O6. The number of carbonyl (C=O) groups is 5. The van der Waals surface area contributed by atoms with Gasteiger partial charge in [0.2, 0.25) is 0 Å². The molecule has 29 heavy (non-hydrogen) atoms. The van der Waals surface area contributed by atoms with Gasteiger partial charge in [0.1, 0.15) is 12.1 Å². The maximum atomic E-state index is 12.8. The van der Waals surface area contributed by atoms with Crippen molar-refractivity contribution in [2.45, 2.75) is 38.3 Å². The molecule has 10 heteroatoms. The van der Waals surface area contributed by atoms with Crippen molar-refractivity contribution in [3.8, 4) is 0 Å². The molecule has 1 heterocycles. The van der Waals surface area contributed by atoms with Crippen LogP contribution in [0.15, 0.2) is 24.3 Å². The molecule has 1 aliphatic carbocycles. The predicted molar refractivity (Wildman–Crippen MR) is 99.4 cm³/mol. The van der Waals surface area contributed by atoms with Gasteiger partial charge in [0.15, 0.2) is 6.61 Å². The molecule has 1 atom stereocenters. The molecule has 154 valence electrons. The molecular weight excluding hydrogens is 380 g/mol. The Bertz CT molecular complexity index is 864. The molecule has 0 bridgehead atoms. The van der Waals surface area contributed by atoms with Gasteiger partial charge in [-0.2, -0.15) is 0 Å². The third-order valence-corrected chi connectivity index (χ3v) is 4.72. The molecule has 0 aromatic heterocycles. The Morgan fingerprint density at radius 3 is 2.48 bits per heavy atom. The number of hydrogen-bond acceptors (Lipinski definition) is 6. The van der Waals surface area contributed by atoms with Crippen LogP contribution in [0.25, 0.3) is 0 Å². The molecule has 2 aliphatic rings. The summed E-state index contributed by atoms with van der Waals surface area (Å²) >= 11 is 0. The minimum absolute atomic E-state index is 0.0767. The lowest BCUT2D eigenvalue weighted by Gasteiger charge is -2.22. The minimum Gasteiger partial charge on any atom is -0.454 e. The smallest absolute Gasteiger partial charge is 0.326 e. The predicted octanol–water partition coefficient (Wildman–Crippen LogP) is 0.293. The van der Waals surface area contributed by atoms with Crippen LogP contribution < -0.4 is 16.0 Å². The standard InChI is InChI=1S/C19H22N4O6/c1-11-3-5-12(6-4-11)19(2)16(26)23(18(28)22-19)9-15(25)29-10-14(24)21-17(27)20-13-7-8-13/h3-6,13H,7-10H2,1-2H3,(H,22,28)(H2,20,21,24,27)/t19-/m1/s1. The van der Waals surface area contributed by atoms with Crippen molar-refractivity contribution in [1.82, 2.24) is 20.9 Å². The minimum atomic E-state index is -1.30. The topological polar surface area (TPSA) is 134 Å². The summed E-state index contributed by atoms with van der Waals surface area (Å²) in [6.07, 6.45) is 1.73. The van der Waals surface area contributed by atoms with E-state index in [0.29, 0.717) is 5.56 Å². The monoisotopic (exact) mass is 402 g/mol. The van der Waals surface area contributed by atoms with Crippen molar-refractivity contribution in [2.75, 3.05) is 13.2 Å². The zero-order chi connectivity index (χ0) is 21.2. The Balaban J connectivity index is 1.52. The molecule has 1 saturated carbocycles. The van der Waals surface area contributed by atoms with E-state index in [1.165, 1.54) is 0 Å². The highest BCUT2D eigenvalue weighted by atomic mass is 16.5. The number of urea groups is 2. The summed E-state index contributed by atoms with van der Waals surface area (Å²) < 4.78 is 4.77. The summed E-state index contributed by atoms with van der Waals surface area (Å²) in [6, 6.07) is 5.77. The van der Waals surface area contributed by atoms with Gasteiger partial charge in [-0.3, -0.25) is 24.6 Å². The van der Waals surface area contributed by atoms with Gasteiger partial charge in [-0.1, -0.05) is 29.8 Å². The van der Waals surface area contributed by atoms with Crippen LogP contribution in [0.2, 0.25) is 0 Å². The van der Waals surface area contributed by atoms with Gasteiger partial charge in [0.25, 0.3) is 11.8 Å². The zero-order valence-electron chi connectivity index (χ0n) is 16.1. The first kappa shape index (κ1) is 20.3. The number of hydrogen-bond donors (Lipinski definition) is 3. The second-order valence-corrected chi connectivity index (χ2v) is 7.27. The third-order valence-electron chi connectivity index (χ3n) is 4.72. The lowest BCUT2D eigenvalue weighted by molar-refractivity contribution is -0.150. The molecule has 10 nitrogen and oxygen atoms in total. The van der Waals surface area contributed by atoms with Crippen molar-refractivity contribution >= 4 is 29.8 Å². The highest BCUT2D eigenvalue weighted by Crippen LogP contribution is 2.28. The van der Waals surface area contributed by atoms with Gasteiger partial charge < -0.3 is 15.4 Å². The number of amides is 6. The largest absolute Gasteiger partial charge is 0.454 e. The normalized spacial score (nSPS) is 20.8. The highest BCUT2D eigenvalue weighted by Gasteiger charge is 2.49. The summed E-state index contributed by atoms with van der Waals surface area (Å²) in [7, 11) is 0. The van der Waals surface area contributed by atoms with Gasteiger partial charge >= 0.3 is 18.0 Å². The summed E-state index contributed by atoms with van der Waals surface area (Å²) in [6.45, 7) is 2.10. The van der Waals surface area contributed by atoms with E-state index in [1.54, 1.807) is 19.1 Å². The number of aryl methyl sites for hydroxylation is 1. The number of imide groups is 2. The molecule has 6 amide bonds. The first-order valence-corrected chi connectivity index (χ1v) is 9.16. The van der Waals surface area contributed by atoms with Crippen LogP contribution in [0, 0.1) is 6.92 Å². The summed E-state index contributed by atoms with van der Waals surface area (Å²) in [5.74, 6) is -2.35. The van der Waals surface area contributed by atoms with Crippen molar-refractivity contribution < 1.29 is 28.7 Å². The first-order valence-electron chi connectivity index (χ1n) is 9.16. The molecule has 1 saturated heterocycles. The van der Waals surface area contributed by atoms with Crippen LogP contribution in [0.5, 0.6) is 0 Å². The van der Waals surface area contributed by atoms with Gasteiger partial charge in [-0.15, -0.1) is 0 Å². The first-order chi connectivity index (χ1) is 13.7. The average molecular weight is 402 g/mol. The van der Waals surface area contributed by atoms with Crippen molar-refractivity contribution in [1.29, 1.82) is 0 Å². The van der Waals surface area contributed by atoms with Gasteiger partial charge in [-0.05, 0) is 32.3 Å². The van der Waals surface area contributed by atoms with Crippen molar-refractivity contribution in [3.63, 3.8) is 0 Å². The number of benzene rings is 1. The Morgan fingerprint density at radius 1 is 1.21 bits per heavy atom. The van der Waals surface area contributed by atoms with E-state index < -0.39 is 48.5 Å². The number of nitrogens with zero attached hydrogens (tertiary/aromatic N) is 1. The maximum Gasteiger partial charge on any atom is 0.326 e. The average Bonchev–Trinajstić information content (AvgIpc) is 3.44. The van der Waals surface area contributed by atoms with Gasteiger partial charge in [0, 0.05) is 6.04 Å². The Hall–Kier alpha value is -3.43. The van der Waals surface area contributed by atoms with Crippen molar-refractivity contribution in [3.05, 3.63) is 35.4 Å². The highest BCUT2D eigenvalue weighted by molar-refractivity contribution is 6.09. The fourth-order valence-corrected chi connectivity index (χ4v) is 2.86. The second-order valence-electron chi connectivity index (χ2n) is 7.27. The molecule has 2 fully saturated rings. The zero-order valence-corrected chi connectivity index (χ0v) is 16.1. The number of esters is 1. The maximum absolute atomic E-state index is 12.8. The van der Waals surface area contributed by atoms with Crippen LogP contribution in [-0.4, -0.2) is 53.9 Å². The van der Waals surface area contributed by atoms with E-state index in [9.17, 15) is 24.0 Å². The second kappa shape index (κ2) is 7.90. The van der Waals surface area contributed by atoms with Crippen LogP contribution >= 0.6 is 0 Å². The molecule has 1 aliphatic heterocycles. The van der Waals surface area contributed by atoms with Crippen LogP contribution in [0.1, 0.15) is 30.9 Å². The molecule has 0 unspecified atom stereocenters. The van der Waals surface area contributed by atoms with Crippen LogP contribution in [-0.2, 0) is 24.7 Å². The molecule has 0 spiro atoms. The lowest BCUT2D eigenvalue weighted by atomic mass is 9.91. The number of ether oxygens (including phenoxy) is 1. The molecule has 1 aromatic carbocycles. The Morgan fingerprint density at radius 2 is 1.86 bits per heavy atom. The Kier molecular flexibility index (Phi) is 5.53. The van der Waals surface area contributed by atoms with E-state index in [0.717, 1.165) is 23.3 Å². The summed E-state index contributed by atoms with van der Waals surface area (Å²) in [5, 5.41) is 7.17. The third kappa shape index (κ3) is 4.71. The van der Waals surface area contributed by atoms with E-state index in [-0.39, 0.29) is 6.04 Å². The molecule has 3 rings (SSSR count). The van der Waals surface area contributed by atoms with Crippen LogP contribution in [0.3, 0.4) is 0 Å². The van der Waals surface area contributed by atoms with Crippen molar-refractivity contribution in [2.24, 2.45) is 0 Å². The Labute approximate surface area is 166 Å². The molecule has 3 N–H and O–H groups in total. The van der Waals surface area contributed by atoms with Gasteiger partial charge in [0.05, 0.1) is 0 Å². The molecule has 0 radical (unpaired) electrons. The van der Waals surface area contributed by atoms with E-state index in [2.05, 4.69) is 10.6 Å². The lowest BCUT2D eigenvalue weighted by Crippen LogP contribution is -2.43. The van der Waals surface area contributed by atoms with E-state index >= 15 is 0 Å². The fraction of sp³-hybridized carbons (Fsp3) is 0.421. The number of rotatable bonds is 6. The SMILES string of the molecule is Cc1ccc([C@@]2(C)NC(=O)N(CC(=O)OCC(=O)NC(=O)NC3CC3)C2=O)cc1.